The van der Waals surface area contributed by atoms with Gasteiger partial charge >= 0.3 is 11.2 Å². The van der Waals surface area contributed by atoms with Crippen molar-refractivity contribution in [1.29, 1.82) is 0 Å². The van der Waals surface area contributed by atoms with Crippen molar-refractivity contribution in [2.24, 2.45) is 0 Å². The summed E-state index contributed by atoms with van der Waals surface area (Å²) in [5, 5.41) is 14.9. The van der Waals surface area contributed by atoms with Gasteiger partial charge in [-0.3, -0.25) is 19.3 Å². The maximum Gasteiger partial charge on any atom is 0.376 e. The Balaban J connectivity index is 1.91. The van der Waals surface area contributed by atoms with Gasteiger partial charge in [0, 0.05) is 6.20 Å². The molecule has 0 bridgehead atoms. The van der Waals surface area contributed by atoms with Crippen LogP contribution in [0.1, 0.15) is 28.3 Å². The zero-order valence-electron chi connectivity index (χ0n) is 16.6. The molecule has 0 aliphatic rings. The normalized spacial score (nSPS) is 11.9. The lowest BCUT2D eigenvalue weighted by Crippen LogP contribution is -2.23. The molecule has 150 valence electrons. The fourth-order valence-electron chi connectivity index (χ4n) is 3.43. The Labute approximate surface area is 172 Å². The van der Waals surface area contributed by atoms with Gasteiger partial charge in [-0.25, -0.2) is 4.98 Å². The van der Waals surface area contributed by atoms with Gasteiger partial charge in [0.15, 0.2) is 0 Å². The second-order valence-electron chi connectivity index (χ2n) is 7.13. The van der Waals surface area contributed by atoms with Gasteiger partial charge in [0.2, 0.25) is 5.82 Å². The summed E-state index contributed by atoms with van der Waals surface area (Å²) >= 11 is 0. The van der Waals surface area contributed by atoms with Crippen LogP contribution in [0.5, 0.6) is 0 Å². The standard InChI is InChI=1S/C23H20N4O3/c1-15-11-12-18(14-16(15)2)20(17-8-4-3-5-9-17)25-22-21(27(29)30)23(28)26-13-7-6-10-19(26)24-22/h3-14,20,25H,1-2H3/t20-/m1/s1. The minimum absolute atomic E-state index is 0.0525. The van der Waals surface area contributed by atoms with Crippen LogP contribution < -0.4 is 10.9 Å². The van der Waals surface area contributed by atoms with Crippen LogP contribution in [0.3, 0.4) is 0 Å². The van der Waals surface area contributed by atoms with Crippen molar-refractivity contribution in [2.45, 2.75) is 19.9 Å². The van der Waals surface area contributed by atoms with E-state index in [9.17, 15) is 14.9 Å². The molecule has 4 aromatic rings. The van der Waals surface area contributed by atoms with E-state index in [4.69, 9.17) is 0 Å². The van der Waals surface area contributed by atoms with Gasteiger partial charge < -0.3 is 5.32 Å². The quantitative estimate of drug-likeness (QED) is 0.396. The second-order valence-corrected chi connectivity index (χ2v) is 7.13. The van der Waals surface area contributed by atoms with Crippen LogP contribution in [0.15, 0.2) is 77.7 Å². The first-order valence-corrected chi connectivity index (χ1v) is 9.50. The highest BCUT2D eigenvalue weighted by molar-refractivity contribution is 5.62. The lowest BCUT2D eigenvalue weighted by molar-refractivity contribution is -0.385. The molecular weight excluding hydrogens is 380 g/mol. The predicted molar refractivity (Wildman–Crippen MR) is 116 cm³/mol. The number of anilines is 1. The highest BCUT2D eigenvalue weighted by Gasteiger charge is 2.26. The van der Waals surface area contributed by atoms with E-state index in [2.05, 4.69) is 10.3 Å². The lowest BCUT2D eigenvalue weighted by atomic mass is 9.95. The van der Waals surface area contributed by atoms with Gasteiger partial charge in [-0.15, -0.1) is 0 Å². The Bertz CT molecular complexity index is 1300. The smallest absolute Gasteiger partial charge is 0.353 e. The summed E-state index contributed by atoms with van der Waals surface area (Å²) in [5.41, 5.74) is 3.12. The van der Waals surface area contributed by atoms with E-state index in [1.807, 2.05) is 62.4 Å². The number of aromatic nitrogens is 2. The van der Waals surface area contributed by atoms with Gasteiger partial charge in [-0.05, 0) is 48.2 Å². The van der Waals surface area contributed by atoms with E-state index in [0.29, 0.717) is 5.65 Å². The van der Waals surface area contributed by atoms with Gasteiger partial charge in [-0.1, -0.05) is 54.6 Å². The SMILES string of the molecule is Cc1ccc([C@H](Nc2nc3ccccn3c(=O)c2[N+](=O)[O-])c2ccccc2)cc1C. The molecule has 4 rings (SSSR count). The van der Waals surface area contributed by atoms with Crippen LogP contribution in [-0.2, 0) is 0 Å². The molecule has 2 aromatic carbocycles. The topological polar surface area (TPSA) is 89.5 Å². The molecule has 1 atom stereocenters. The van der Waals surface area contributed by atoms with Gasteiger partial charge in [0.25, 0.3) is 0 Å². The van der Waals surface area contributed by atoms with Crippen molar-refractivity contribution in [3.8, 4) is 0 Å². The first-order valence-electron chi connectivity index (χ1n) is 9.50. The number of rotatable bonds is 5. The highest BCUT2D eigenvalue weighted by Crippen LogP contribution is 2.30. The molecule has 0 aliphatic heterocycles. The number of hydrogen-bond donors (Lipinski definition) is 1. The van der Waals surface area contributed by atoms with Crippen molar-refractivity contribution in [3.05, 3.63) is 116 Å². The van der Waals surface area contributed by atoms with E-state index in [-0.39, 0.29) is 5.82 Å². The molecular formula is C23H20N4O3. The summed E-state index contributed by atoms with van der Waals surface area (Å²) in [6, 6.07) is 20.2. The van der Waals surface area contributed by atoms with E-state index in [1.165, 1.54) is 10.6 Å². The van der Waals surface area contributed by atoms with Crippen LogP contribution in [0, 0.1) is 24.0 Å². The Morgan fingerprint density at radius 2 is 1.70 bits per heavy atom. The summed E-state index contributed by atoms with van der Waals surface area (Å²) in [5.74, 6) is -0.0525. The molecule has 0 radical (unpaired) electrons. The fourth-order valence-corrected chi connectivity index (χ4v) is 3.43. The van der Waals surface area contributed by atoms with Crippen molar-refractivity contribution in [1.82, 2.24) is 9.38 Å². The fraction of sp³-hybridized carbons (Fsp3) is 0.130. The van der Waals surface area contributed by atoms with Crippen LogP contribution in [0.4, 0.5) is 11.5 Å². The van der Waals surface area contributed by atoms with Gasteiger partial charge in [0.1, 0.15) is 5.65 Å². The molecule has 0 fully saturated rings. The maximum atomic E-state index is 12.8. The Morgan fingerprint density at radius 1 is 0.967 bits per heavy atom. The monoisotopic (exact) mass is 400 g/mol. The zero-order valence-corrected chi connectivity index (χ0v) is 16.6. The minimum Gasteiger partial charge on any atom is -0.353 e. The first-order chi connectivity index (χ1) is 14.5. The molecule has 0 spiro atoms. The van der Waals surface area contributed by atoms with Gasteiger partial charge in [-0.2, -0.15) is 0 Å². The highest BCUT2D eigenvalue weighted by atomic mass is 16.6. The number of pyridine rings is 1. The van der Waals surface area contributed by atoms with E-state index >= 15 is 0 Å². The molecule has 7 heteroatoms. The van der Waals surface area contributed by atoms with Crippen molar-refractivity contribution in [2.75, 3.05) is 5.32 Å². The third-order valence-electron chi connectivity index (χ3n) is 5.17. The summed E-state index contributed by atoms with van der Waals surface area (Å²) in [6.07, 6.45) is 1.47. The van der Waals surface area contributed by atoms with Crippen LogP contribution in [0.2, 0.25) is 0 Å². The maximum absolute atomic E-state index is 12.8. The van der Waals surface area contributed by atoms with E-state index < -0.39 is 22.2 Å². The molecule has 0 unspecified atom stereocenters. The van der Waals surface area contributed by atoms with Crippen LogP contribution in [-0.4, -0.2) is 14.3 Å². The number of nitrogens with one attached hydrogen (secondary N) is 1. The van der Waals surface area contributed by atoms with Crippen LogP contribution >= 0.6 is 0 Å². The van der Waals surface area contributed by atoms with E-state index in [0.717, 1.165) is 22.3 Å². The number of nitrogens with zero attached hydrogens (tertiary/aromatic N) is 3. The van der Waals surface area contributed by atoms with Crippen molar-refractivity contribution in [3.63, 3.8) is 0 Å². The minimum atomic E-state index is -0.722. The molecule has 1 N–H and O–H groups in total. The van der Waals surface area contributed by atoms with Crippen molar-refractivity contribution < 1.29 is 4.92 Å². The lowest BCUT2D eigenvalue weighted by Gasteiger charge is -2.21. The number of aryl methyl sites for hydroxylation is 2. The Morgan fingerprint density at radius 3 is 2.40 bits per heavy atom. The molecule has 2 heterocycles. The van der Waals surface area contributed by atoms with E-state index in [1.54, 1.807) is 18.2 Å². The first kappa shape index (κ1) is 19.3. The summed E-state index contributed by atoms with van der Waals surface area (Å²) < 4.78 is 1.18. The zero-order chi connectivity index (χ0) is 21.3. The molecule has 0 saturated heterocycles. The summed E-state index contributed by atoms with van der Waals surface area (Å²) in [7, 11) is 0. The average molecular weight is 400 g/mol. The average Bonchev–Trinajstić information content (AvgIpc) is 2.74. The Kier molecular flexibility index (Phi) is 5.02. The number of hydrogen-bond acceptors (Lipinski definition) is 5. The molecule has 2 aromatic heterocycles. The largest absolute Gasteiger partial charge is 0.376 e. The third kappa shape index (κ3) is 3.53. The Hall–Kier alpha value is -4.00. The van der Waals surface area contributed by atoms with Crippen molar-refractivity contribution >= 4 is 17.2 Å². The van der Waals surface area contributed by atoms with Gasteiger partial charge in [0.05, 0.1) is 11.0 Å². The number of benzene rings is 2. The van der Waals surface area contributed by atoms with Crippen LogP contribution in [0.25, 0.3) is 5.65 Å². The molecule has 30 heavy (non-hydrogen) atoms. The number of fused-ring (bicyclic) bond motifs is 1. The third-order valence-corrected chi connectivity index (χ3v) is 5.17. The molecule has 7 nitrogen and oxygen atoms in total. The second kappa shape index (κ2) is 7.79. The molecule has 0 aliphatic carbocycles. The summed E-state index contributed by atoms with van der Waals surface area (Å²) in [6.45, 7) is 4.05. The molecule has 0 amide bonds. The summed E-state index contributed by atoms with van der Waals surface area (Å²) in [4.78, 5) is 28.3. The number of nitro groups is 1. The molecule has 0 saturated carbocycles. The predicted octanol–water partition coefficient (Wildman–Crippen LogP) is 4.42.